The first-order valence-corrected chi connectivity index (χ1v) is 5.64. The third kappa shape index (κ3) is 2.51. The van der Waals surface area contributed by atoms with Crippen LogP contribution in [0.3, 0.4) is 0 Å². The number of pyridine rings is 1. The van der Waals surface area contributed by atoms with Crippen molar-refractivity contribution in [2.75, 3.05) is 20.2 Å². The van der Waals surface area contributed by atoms with E-state index in [0.29, 0.717) is 12.3 Å². The summed E-state index contributed by atoms with van der Waals surface area (Å²) >= 11 is 0. The third-order valence-electron chi connectivity index (χ3n) is 3.10. The Bertz CT molecular complexity index is 349. The van der Waals surface area contributed by atoms with Crippen LogP contribution in [0.15, 0.2) is 18.3 Å². The molecule has 0 aromatic carbocycles. The number of piperidine rings is 1. The van der Waals surface area contributed by atoms with Crippen LogP contribution in [0.25, 0.3) is 0 Å². The van der Waals surface area contributed by atoms with Gasteiger partial charge in [-0.1, -0.05) is 6.07 Å². The van der Waals surface area contributed by atoms with Gasteiger partial charge in [-0.25, -0.2) is 4.98 Å². The number of nitrogens with zero attached hydrogens (tertiary/aromatic N) is 1. The molecule has 1 fully saturated rings. The second-order valence-corrected chi connectivity index (χ2v) is 4.32. The van der Waals surface area contributed by atoms with E-state index in [1.165, 1.54) is 0 Å². The molecule has 0 spiro atoms. The standard InChI is InChI=1S/C12H18N2O2/c1-16-11-10(3-2-6-14-11)9-12(15)4-7-13-8-5-12/h2-3,6,13,15H,4-5,7-9H2,1H3. The molecule has 0 atom stereocenters. The lowest BCUT2D eigenvalue weighted by molar-refractivity contribution is 0.0103. The van der Waals surface area contributed by atoms with Crippen molar-refractivity contribution in [3.63, 3.8) is 0 Å². The Hall–Kier alpha value is -1.13. The van der Waals surface area contributed by atoms with Crippen molar-refractivity contribution in [1.29, 1.82) is 0 Å². The van der Waals surface area contributed by atoms with Gasteiger partial charge in [0.15, 0.2) is 0 Å². The lowest BCUT2D eigenvalue weighted by atomic mass is 9.86. The number of rotatable bonds is 3. The van der Waals surface area contributed by atoms with Crippen molar-refractivity contribution in [2.24, 2.45) is 0 Å². The molecule has 1 aliphatic heterocycles. The van der Waals surface area contributed by atoms with E-state index in [4.69, 9.17) is 4.74 Å². The summed E-state index contributed by atoms with van der Waals surface area (Å²) < 4.78 is 5.19. The highest BCUT2D eigenvalue weighted by Gasteiger charge is 2.30. The molecule has 1 aliphatic rings. The topological polar surface area (TPSA) is 54.4 Å². The van der Waals surface area contributed by atoms with E-state index in [-0.39, 0.29) is 0 Å². The maximum Gasteiger partial charge on any atom is 0.216 e. The van der Waals surface area contributed by atoms with Crippen molar-refractivity contribution in [2.45, 2.75) is 24.9 Å². The van der Waals surface area contributed by atoms with Crippen molar-refractivity contribution < 1.29 is 9.84 Å². The molecule has 2 N–H and O–H groups in total. The molecule has 16 heavy (non-hydrogen) atoms. The fourth-order valence-corrected chi connectivity index (χ4v) is 2.17. The molecule has 2 heterocycles. The van der Waals surface area contributed by atoms with Crippen LogP contribution >= 0.6 is 0 Å². The maximum atomic E-state index is 10.4. The van der Waals surface area contributed by atoms with Crippen LogP contribution < -0.4 is 10.1 Å². The Balaban J connectivity index is 2.12. The minimum atomic E-state index is -0.610. The first-order valence-electron chi connectivity index (χ1n) is 5.64. The van der Waals surface area contributed by atoms with Gasteiger partial charge in [0.25, 0.3) is 0 Å². The molecular formula is C12H18N2O2. The van der Waals surface area contributed by atoms with Crippen LogP contribution in [-0.2, 0) is 6.42 Å². The highest BCUT2D eigenvalue weighted by Crippen LogP contribution is 2.26. The SMILES string of the molecule is COc1ncccc1CC1(O)CCNCC1. The van der Waals surface area contributed by atoms with Crippen molar-refractivity contribution >= 4 is 0 Å². The molecule has 0 radical (unpaired) electrons. The molecule has 0 amide bonds. The number of aliphatic hydroxyl groups is 1. The molecule has 0 saturated carbocycles. The summed E-state index contributed by atoms with van der Waals surface area (Å²) in [6.45, 7) is 1.75. The van der Waals surface area contributed by atoms with Gasteiger partial charge in [-0.3, -0.25) is 0 Å². The predicted octanol–water partition coefficient (Wildman–Crippen LogP) is 0.747. The van der Waals surface area contributed by atoms with Gasteiger partial charge >= 0.3 is 0 Å². The largest absolute Gasteiger partial charge is 0.481 e. The summed E-state index contributed by atoms with van der Waals surface area (Å²) in [4.78, 5) is 4.14. The van der Waals surface area contributed by atoms with Crippen LogP contribution in [-0.4, -0.2) is 35.9 Å². The van der Waals surface area contributed by atoms with Crippen LogP contribution in [0, 0.1) is 0 Å². The Labute approximate surface area is 95.7 Å². The van der Waals surface area contributed by atoms with Gasteiger partial charge in [0.1, 0.15) is 0 Å². The second-order valence-electron chi connectivity index (χ2n) is 4.32. The molecule has 2 rings (SSSR count). The van der Waals surface area contributed by atoms with Crippen LogP contribution in [0.5, 0.6) is 5.88 Å². The fourth-order valence-electron chi connectivity index (χ4n) is 2.17. The smallest absolute Gasteiger partial charge is 0.216 e. The zero-order chi connectivity index (χ0) is 11.4. The number of hydrogen-bond acceptors (Lipinski definition) is 4. The summed E-state index contributed by atoms with van der Waals surface area (Å²) in [6, 6.07) is 3.84. The predicted molar refractivity (Wildman–Crippen MR) is 61.5 cm³/mol. The lowest BCUT2D eigenvalue weighted by Gasteiger charge is -2.32. The highest BCUT2D eigenvalue weighted by molar-refractivity contribution is 5.27. The van der Waals surface area contributed by atoms with Gasteiger partial charge in [-0.05, 0) is 32.0 Å². The first-order chi connectivity index (χ1) is 7.73. The molecule has 1 aromatic heterocycles. The lowest BCUT2D eigenvalue weighted by Crippen LogP contribution is -2.43. The normalized spacial score (nSPS) is 19.4. The summed E-state index contributed by atoms with van der Waals surface area (Å²) in [7, 11) is 1.61. The minimum Gasteiger partial charge on any atom is -0.481 e. The number of aromatic nitrogens is 1. The summed E-state index contributed by atoms with van der Waals surface area (Å²) in [5.41, 5.74) is 0.371. The van der Waals surface area contributed by atoms with E-state index >= 15 is 0 Å². The molecule has 0 bridgehead atoms. The third-order valence-corrected chi connectivity index (χ3v) is 3.10. The van der Waals surface area contributed by atoms with Gasteiger partial charge in [0, 0.05) is 18.2 Å². The number of nitrogens with one attached hydrogen (secondary N) is 1. The highest BCUT2D eigenvalue weighted by atomic mass is 16.5. The summed E-state index contributed by atoms with van der Waals surface area (Å²) in [5, 5.41) is 13.7. The van der Waals surface area contributed by atoms with Gasteiger partial charge in [0.05, 0.1) is 12.7 Å². The van der Waals surface area contributed by atoms with E-state index in [1.807, 2.05) is 12.1 Å². The van der Waals surface area contributed by atoms with Crippen LogP contribution in [0.4, 0.5) is 0 Å². The molecule has 0 unspecified atom stereocenters. The zero-order valence-corrected chi connectivity index (χ0v) is 9.57. The van der Waals surface area contributed by atoms with E-state index in [2.05, 4.69) is 10.3 Å². The Morgan fingerprint density at radius 1 is 1.50 bits per heavy atom. The van der Waals surface area contributed by atoms with E-state index < -0.39 is 5.60 Å². The maximum absolute atomic E-state index is 10.4. The van der Waals surface area contributed by atoms with Crippen molar-refractivity contribution in [1.82, 2.24) is 10.3 Å². The minimum absolute atomic E-state index is 0.610. The molecule has 0 aliphatic carbocycles. The Morgan fingerprint density at radius 2 is 2.25 bits per heavy atom. The fraction of sp³-hybridized carbons (Fsp3) is 0.583. The first kappa shape index (κ1) is 11.4. The quantitative estimate of drug-likeness (QED) is 0.792. The van der Waals surface area contributed by atoms with E-state index in [9.17, 15) is 5.11 Å². The van der Waals surface area contributed by atoms with Gasteiger partial charge in [-0.15, -0.1) is 0 Å². The Kier molecular flexibility index (Phi) is 3.41. The molecular weight excluding hydrogens is 204 g/mol. The number of methoxy groups -OCH3 is 1. The number of ether oxygens (including phenoxy) is 1. The summed E-state index contributed by atoms with van der Waals surface area (Å²) in [5.74, 6) is 0.620. The zero-order valence-electron chi connectivity index (χ0n) is 9.57. The van der Waals surface area contributed by atoms with Gasteiger partial charge in [0.2, 0.25) is 5.88 Å². The van der Waals surface area contributed by atoms with Crippen LogP contribution in [0.1, 0.15) is 18.4 Å². The van der Waals surface area contributed by atoms with Crippen LogP contribution in [0.2, 0.25) is 0 Å². The molecule has 4 heteroatoms. The van der Waals surface area contributed by atoms with E-state index in [1.54, 1.807) is 13.3 Å². The average Bonchev–Trinajstić information content (AvgIpc) is 2.30. The van der Waals surface area contributed by atoms with Gasteiger partial charge in [-0.2, -0.15) is 0 Å². The number of hydrogen-bond donors (Lipinski definition) is 2. The average molecular weight is 222 g/mol. The molecule has 1 aromatic rings. The molecule has 88 valence electrons. The molecule has 1 saturated heterocycles. The van der Waals surface area contributed by atoms with Crippen molar-refractivity contribution in [3.05, 3.63) is 23.9 Å². The summed E-state index contributed by atoms with van der Waals surface area (Å²) in [6.07, 6.45) is 3.89. The van der Waals surface area contributed by atoms with Gasteiger partial charge < -0.3 is 15.2 Å². The Morgan fingerprint density at radius 3 is 2.94 bits per heavy atom. The second kappa shape index (κ2) is 4.80. The monoisotopic (exact) mass is 222 g/mol. The molecule has 4 nitrogen and oxygen atoms in total. The van der Waals surface area contributed by atoms with E-state index in [0.717, 1.165) is 31.5 Å². The van der Waals surface area contributed by atoms with Crippen molar-refractivity contribution in [3.8, 4) is 5.88 Å².